The second-order valence-corrected chi connectivity index (χ2v) is 2.67. The lowest BCUT2D eigenvalue weighted by atomic mass is 10.1. The Morgan fingerprint density at radius 3 is 2.64 bits per heavy atom. The number of hydrogen-bond acceptors (Lipinski definition) is 4. The van der Waals surface area contributed by atoms with E-state index in [4.69, 9.17) is 14.6 Å². The standard InChI is InChI=1S/C7H15NO3/c1-10-6-3-8-5(4-9)7(6)11-2/h5-9H,3-4H2,1-2H3/t5-,6+,7-/m1/s1. The van der Waals surface area contributed by atoms with E-state index < -0.39 is 0 Å². The first-order valence-corrected chi connectivity index (χ1v) is 3.73. The summed E-state index contributed by atoms with van der Waals surface area (Å²) in [5, 5.41) is 12.0. The Kier molecular flexibility index (Phi) is 3.26. The fraction of sp³-hybridized carbons (Fsp3) is 1.00. The normalized spacial score (nSPS) is 37.9. The van der Waals surface area contributed by atoms with Gasteiger partial charge in [0.25, 0.3) is 0 Å². The zero-order valence-corrected chi connectivity index (χ0v) is 6.91. The first kappa shape index (κ1) is 8.93. The van der Waals surface area contributed by atoms with Gasteiger partial charge in [0.2, 0.25) is 0 Å². The Hall–Kier alpha value is -0.160. The van der Waals surface area contributed by atoms with Crippen LogP contribution in [0.15, 0.2) is 0 Å². The highest BCUT2D eigenvalue weighted by Crippen LogP contribution is 2.13. The molecule has 0 unspecified atom stereocenters. The van der Waals surface area contributed by atoms with Crippen molar-refractivity contribution in [3.8, 4) is 0 Å². The number of rotatable bonds is 3. The minimum Gasteiger partial charge on any atom is -0.395 e. The highest BCUT2D eigenvalue weighted by atomic mass is 16.5. The molecule has 0 radical (unpaired) electrons. The van der Waals surface area contributed by atoms with Crippen LogP contribution in [-0.4, -0.2) is 50.7 Å². The fourth-order valence-corrected chi connectivity index (χ4v) is 1.46. The molecule has 66 valence electrons. The van der Waals surface area contributed by atoms with Crippen LogP contribution in [0.2, 0.25) is 0 Å². The van der Waals surface area contributed by atoms with Crippen molar-refractivity contribution >= 4 is 0 Å². The molecule has 0 aromatic rings. The van der Waals surface area contributed by atoms with E-state index in [2.05, 4.69) is 5.32 Å². The van der Waals surface area contributed by atoms with E-state index in [9.17, 15) is 0 Å². The smallest absolute Gasteiger partial charge is 0.102 e. The minimum absolute atomic E-state index is 0.0185. The molecular formula is C7H15NO3. The molecule has 0 aromatic heterocycles. The number of ether oxygens (including phenoxy) is 2. The molecule has 1 fully saturated rings. The minimum atomic E-state index is -0.0231. The van der Waals surface area contributed by atoms with Crippen molar-refractivity contribution < 1.29 is 14.6 Å². The van der Waals surface area contributed by atoms with Crippen molar-refractivity contribution in [2.45, 2.75) is 18.2 Å². The molecule has 11 heavy (non-hydrogen) atoms. The van der Waals surface area contributed by atoms with Crippen LogP contribution in [0.25, 0.3) is 0 Å². The molecule has 3 atom stereocenters. The molecule has 0 saturated carbocycles. The van der Waals surface area contributed by atoms with Crippen molar-refractivity contribution in [1.29, 1.82) is 0 Å². The van der Waals surface area contributed by atoms with Crippen LogP contribution >= 0.6 is 0 Å². The third kappa shape index (κ3) is 1.70. The second-order valence-electron chi connectivity index (χ2n) is 2.67. The average Bonchev–Trinajstić information content (AvgIpc) is 2.45. The maximum atomic E-state index is 8.88. The summed E-state index contributed by atoms with van der Waals surface area (Å²) < 4.78 is 10.3. The van der Waals surface area contributed by atoms with E-state index in [0.29, 0.717) is 0 Å². The summed E-state index contributed by atoms with van der Waals surface area (Å²) in [5.41, 5.74) is 0. The van der Waals surface area contributed by atoms with E-state index >= 15 is 0 Å². The first-order valence-electron chi connectivity index (χ1n) is 3.73. The molecule has 1 rings (SSSR count). The summed E-state index contributed by atoms with van der Waals surface area (Å²) in [7, 11) is 3.28. The van der Waals surface area contributed by atoms with Gasteiger partial charge >= 0.3 is 0 Å². The predicted molar refractivity (Wildman–Crippen MR) is 40.5 cm³/mol. The number of nitrogens with one attached hydrogen (secondary N) is 1. The summed E-state index contributed by atoms with van der Waals surface area (Å²) >= 11 is 0. The molecule has 2 N–H and O–H groups in total. The molecule has 4 nitrogen and oxygen atoms in total. The Labute approximate surface area is 66.5 Å². The van der Waals surface area contributed by atoms with Gasteiger partial charge in [-0.1, -0.05) is 0 Å². The molecule has 1 heterocycles. The lowest BCUT2D eigenvalue weighted by Gasteiger charge is -2.19. The topological polar surface area (TPSA) is 50.7 Å². The van der Waals surface area contributed by atoms with E-state index in [0.717, 1.165) is 6.54 Å². The van der Waals surface area contributed by atoms with Gasteiger partial charge in [-0.15, -0.1) is 0 Å². The van der Waals surface area contributed by atoms with Gasteiger partial charge in [-0.3, -0.25) is 0 Å². The van der Waals surface area contributed by atoms with Gasteiger partial charge in [-0.25, -0.2) is 0 Å². The first-order chi connectivity index (χ1) is 5.33. The quantitative estimate of drug-likeness (QED) is 0.556. The van der Waals surface area contributed by atoms with Crippen LogP contribution in [-0.2, 0) is 9.47 Å². The van der Waals surface area contributed by atoms with Gasteiger partial charge in [0.15, 0.2) is 0 Å². The summed E-state index contributed by atoms with van der Waals surface area (Å²) in [5.74, 6) is 0. The van der Waals surface area contributed by atoms with E-state index in [1.165, 1.54) is 0 Å². The van der Waals surface area contributed by atoms with E-state index in [1.807, 2.05) is 0 Å². The molecule has 1 aliphatic heterocycles. The third-order valence-corrected chi connectivity index (χ3v) is 2.12. The van der Waals surface area contributed by atoms with E-state index in [1.54, 1.807) is 14.2 Å². The van der Waals surface area contributed by atoms with Gasteiger partial charge < -0.3 is 19.9 Å². The predicted octanol–water partition coefficient (Wildman–Crippen LogP) is -1.02. The molecular weight excluding hydrogens is 146 g/mol. The summed E-state index contributed by atoms with van der Waals surface area (Å²) in [6.45, 7) is 0.846. The molecule has 0 aliphatic carbocycles. The molecule has 0 amide bonds. The summed E-state index contributed by atoms with van der Waals surface area (Å²) in [6, 6.07) is 0.0185. The zero-order chi connectivity index (χ0) is 8.27. The highest BCUT2D eigenvalue weighted by Gasteiger charge is 2.35. The van der Waals surface area contributed by atoms with Crippen LogP contribution < -0.4 is 5.32 Å². The molecule has 0 spiro atoms. The Morgan fingerprint density at radius 2 is 2.18 bits per heavy atom. The second kappa shape index (κ2) is 4.01. The molecule has 4 heteroatoms. The largest absolute Gasteiger partial charge is 0.395 e. The molecule has 1 saturated heterocycles. The van der Waals surface area contributed by atoms with E-state index in [-0.39, 0.29) is 24.9 Å². The Morgan fingerprint density at radius 1 is 1.45 bits per heavy atom. The number of methoxy groups -OCH3 is 2. The van der Waals surface area contributed by atoms with Crippen LogP contribution in [0.1, 0.15) is 0 Å². The maximum Gasteiger partial charge on any atom is 0.102 e. The van der Waals surface area contributed by atoms with Gasteiger partial charge in [-0.05, 0) is 0 Å². The van der Waals surface area contributed by atoms with Crippen LogP contribution in [0, 0.1) is 0 Å². The average molecular weight is 161 g/mol. The van der Waals surface area contributed by atoms with Gasteiger partial charge in [0.05, 0.1) is 18.8 Å². The summed E-state index contributed by atoms with van der Waals surface area (Å²) in [4.78, 5) is 0. The maximum absolute atomic E-state index is 8.88. The number of aliphatic hydroxyl groups is 1. The Bertz CT molecular complexity index is 108. The number of aliphatic hydroxyl groups excluding tert-OH is 1. The van der Waals surface area contributed by atoms with Crippen LogP contribution in [0.4, 0.5) is 0 Å². The van der Waals surface area contributed by atoms with Gasteiger partial charge in [0, 0.05) is 20.8 Å². The Balaban J connectivity index is 2.48. The monoisotopic (exact) mass is 161 g/mol. The van der Waals surface area contributed by atoms with Crippen molar-refractivity contribution in [2.24, 2.45) is 0 Å². The molecule has 0 aromatic carbocycles. The van der Waals surface area contributed by atoms with Crippen molar-refractivity contribution in [3.05, 3.63) is 0 Å². The lowest BCUT2D eigenvalue weighted by Crippen LogP contribution is -2.38. The fourth-order valence-electron chi connectivity index (χ4n) is 1.46. The van der Waals surface area contributed by atoms with Crippen molar-refractivity contribution in [2.75, 3.05) is 27.4 Å². The van der Waals surface area contributed by atoms with Crippen molar-refractivity contribution in [3.63, 3.8) is 0 Å². The van der Waals surface area contributed by atoms with Gasteiger partial charge in [0.1, 0.15) is 6.10 Å². The van der Waals surface area contributed by atoms with Crippen LogP contribution in [0.3, 0.4) is 0 Å². The summed E-state index contributed by atoms with van der Waals surface area (Å²) in [6.07, 6.45) is 0.0437. The van der Waals surface area contributed by atoms with Crippen molar-refractivity contribution in [1.82, 2.24) is 5.32 Å². The molecule has 0 bridgehead atoms. The number of hydrogen-bond donors (Lipinski definition) is 2. The highest BCUT2D eigenvalue weighted by molar-refractivity contribution is 4.91. The zero-order valence-electron chi connectivity index (χ0n) is 6.91. The van der Waals surface area contributed by atoms with Crippen LogP contribution in [0.5, 0.6) is 0 Å². The molecule has 1 aliphatic rings. The SMILES string of the molecule is CO[C@H]1[C@@H](OC)CN[C@@H]1CO. The van der Waals surface area contributed by atoms with Gasteiger partial charge in [-0.2, -0.15) is 0 Å². The lowest BCUT2D eigenvalue weighted by molar-refractivity contribution is -0.0244. The third-order valence-electron chi connectivity index (χ3n) is 2.12.